The van der Waals surface area contributed by atoms with Crippen LogP contribution in [0.2, 0.25) is 0 Å². The van der Waals surface area contributed by atoms with Crippen molar-refractivity contribution >= 4 is 51.7 Å². The number of benzene rings is 1. The van der Waals surface area contributed by atoms with Crippen molar-refractivity contribution in [3.63, 3.8) is 0 Å². The Labute approximate surface area is 154 Å². The summed E-state index contributed by atoms with van der Waals surface area (Å²) in [5, 5.41) is 6.38. The van der Waals surface area contributed by atoms with Gasteiger partial charge in [0.25, 0.3) is 0 Å². The summed E-state index contributed by atoms with van der Waals surface area (Å²) in [6.45, 7) is 1.43. The van der Waals surface area contributed by atoms with E-state index in [-0.39, 0.29) is 28.9 Å². The fourth-order valence-electron chi connectivity index (χ4n) is 1.58. The van der Waals surface area contributed by atoms with E-state index in [1.807, 2.05) is 0 Å². The van der Waals surface area contributed by atoms with Crippen LogP contribution in [0.1, 0.15) is 5.56 Å². The normalized spacial score (nSPS) is 11.7. The lowest BCUT2D eigenvalue weighted by molar-refractivity contribution is 0.588. The van der Waals surface area contributed by atoms with E-state index in [4.69, 9.17) is 0 Å². The number of nitrogens with zero attached hydrogens (tertiary/aromatic N) is 1. The zero-order chi connectivity index (χ0) is 15.7. The van der Waals surface area contributed by atoms with E-state index >= 15 is 0 Å². The molecular formula is C13H23IN4O2S2. The molecule has 3 N–H and O–H groups in total. The molecule has 0 aliphatic rings. The Morgan fingerprint density at radius 1 is 1.23 bits per heavy atom. The van der Waals surface area contributed by atoms with Crippen molar-refractivity contribution in [3.8, 4) is 0 Å². The average molecular weight is 458 g/mol. The van der Waals surface area contributed by atoms with Gasteiger partial charge in [-0.3, -0.25) is 4.99 Å². The molecule has 0 spiro atoms. The van der Waals surface area contributed by atoms with Gasteiger partial charge in [0.05, 0.1) is 4.90 Å². The lowest BCUT2D eigenvalue weighted by Crippen LogP contribution is -2.37. The first-order chi connectivity index (χ1) is 10.0. The molecule has 0 saturated carbocycles. The van der Waals surface area contributed by atoms with Crippen LogP contribution in [0, 0.1) is 0 Å². The molecule has 1 aromatic carbocycles. The monoisotopic (exact) mass is 458 g/mol. The van der Waals surface area contributed by atoms with Crippen molar-refractivity contribution < 1.29 is 8.42 Å². The van der Waals surface area contributed by atoms with Crippen LogP contribution in [0.4, 0.5) is 0 Å². The molecule has 9 heteroatoms. The van der Waals surface area contributed by atoms with E-state index in [1.54, 1.807) is 43.1 Å². The molecule has 126 valence electrons. The number of nitrogens with one attached hydrogen (secondary N) is 3. The minimum Gasteiger partial charge on any atom is -0.356 e. The standard InChI is InChI=1S/C13H22N4O2S2.HI/c1-14-13(16-8-9-20-3)17-10-11-4-6-12(7-5-11)21(18,19)15-2;/h4-7,15H,8-10H2,1-3H3,(H2,14,16,17);1H. The highest BCUT2D eigenvalue weighted by atomic mass is 127. The molecule has 1 rings (SSSR count). The minimum atomic E-state index is -3.37. The zero-order valence-electron chi connectivity index (χ0n) is 12.9. The quantitative estimate of drug-likeness (QED) is 0.248. The van der Waals surface area contributed by atoms with Gasteiger partial charge >= 0.3 is 0 Å². The summed E-state index contributed by atoms with van der Waals surface area (Å²) in [5.41, 5.74) is 0.984. The third kappa shape index (κ3) is 7.16. The van der Waals surface area contributed by atoms with Crippen LogP contribution in [0.3, 0.4) is 0 Å². The van der Waals surface area contributed by atoms with Gasteiger partial charge in [0.1, 0.15) is 0 Å². The maximum Gasteiger partial charge on any atom is 0.240 e. The number of aliphatic imine (C=N–C) groups is 1. The molecule has 0 radical (unpaired) electrons. The maximum absolute atomic E-state index is 11.6. The molecule has 0 saturated heterocycles. The van der Waals surface area contributed by atoms with Crippen LogP contribution < -0.4 is 15.4 Å². The van der Waals surface area contributed by atoms with Crippen molar-refractivity contribution in [1.29, 1.82) is 0 Å². The summed E-state index contributed by atoms with van der Waals surface area (Å²) >= 11 is 1.77. The van der Waals surface area contributed by atoms with Gasteiger partial charge in [0.15, 0.2) is 5.96 Å². The molecule has 0 amide bonds. The second-order valence-electron chi connectivity index (χ2n) is 4.20. The van der Waals surface area contributed by atoms with Gasteiger partial charge < -0.3 is 10.6 Å². The highest BCUT2D eigenvalue weighted by Gasteiger charge is 2.10. The average Bonchev–Trinajstić information content (AvgIpc) is 2.51. The van der Waals surface area contributed by atoms with E-state index in [9.17, 15) is 8.42 Å². The second kappa shape index (κ2) is 11.1. The van der Waals surface area contributed by atoms with Crippen LogP contribution in [-0.2, 0) is 16.6 Å². The highest BCUT2D eigenvalue weighted by molar-refractivity contribution is 14.0. The van der Waals surface area contributed by atoms with Gasteiger partial charge in [0.2, 0.25) is 10.0 Å². The van der Waals surface area contributed by atoms with Crippen molar-refractivity contribution in [2.24, 2.45) is 4.99 Å². The van der Waals surface area contributed by atoms with E-state index < -0.39 is 10.0 Å². The zero-order valence-corrected chi connectivity index (χ0v) is 16.9. The van der Waals surface area contributed by atoms with Crippen LogP contribution in [-0.4, -0.2) is 47.0 Å². The molecule has 0 aliphatic carbocycles. The first-order valence-corrected chi connectivity index (χ1v) is 9.37. The molecule has 1 aromatic rings. The Kier molecular flexibility index (Phi) is 10.8. The smallest absolute Gasteiger partial charge is 0.240 e. The molecule has 0 bridgehead atoms. The molecule has 0 atom stereocenters. The molecule has 22 heavy (non-hydrogen) atoms. The second-order valence-corrected chi connectivity index (χ2v) is 7.07. The lowest BCUT2D eigenvalue weighted by Gasteiger charge is -2.11. The third-order valence-electron chi connectivity index (χ3n) is 2.78. The molecule has 0 unspecified atom stereocenters. The summed E-state index contributed by atoms with van der Waals surface area (Å²) in [6, 6.07) is 6.75. The van der Waals surface area contributed by atoms with Crippen LogP contribution in [0.5, 0.6) is 0 Å². The number of guanidine groups is 1. The van der Waals surface area contributed by atoms with E-state index in [0.29, 0.717) is 6.54 Å². The van der Waals surface area contributed by atoms with Crippen molar-refractivity contribution in [2.75, 3.05) is 32.6 Å². The fraction of sp³-hybridized carbons (Fsp3) is 0.462. The summed E-state index contributed by atoms with van der Waals surface area (Å²) in [5.74, 6) is 1.74. The fourth-order valence-corrected chi connectivity index (χ4v) is 2.62. The Morgan fingerprint density at radius 2 is 1.86 bits per heavy atom. The van der Waals surface area contributed by atoms with Crippen LogP contribution >= 0.6 is 35.7 Å². The lowest BCUT2D eigenvalue weighted by atomic mass is 10.2. The number of hydrogen-bond donors (Lipinski definition) is 3. The van der Waals surface area contributed by atoms with E-state index in [1.165, 1.54) is 7.05 Å². The number of thioether (sulfide) groups is 1. The molecular weight excluding hydrogens is 435 g/mol. The molecule has 0 heterocycles. The molecule has 0 aromatic heterocycles. The molecule has 0 aliphatic heterocycles. The number of hydrogen-bond acceptors (Lipinski definition) is 4. The van der Waals surface area contributed by atoms with Gasteiger partial charge in [-0.25, -0.2) is 13.1 Å². The largest absolute Gasteiger partial charge is 0.356 e. The number of sulfonamides is 1. The Morgan fingerprint density at radius 3 is 2.36 bits per heavy atom. The Hall–Kier alpha value is -0.520. The van der Waals surface area contributed by atoms with Crippen LogP contribution in [0.15, 0.2) is 34.2 Å². The first kappa shape index (κ1) is 21.5. The topological polar surface area (TPSA) is 82.6 Å². The SMILES string of the molecule is CN=C(NCCSC)NCc1ccc(S(=O)(=O)NC)cc1.I. The van der Waals surface area contributed by atoms with Crippen molar-refractivity contribution in [1.82, 2.24) is 15.4 Å². The minimum absolute atomic E-state index is 0. The highest BCUT2D eigenvalue weighted by Crippen LogP contribution is 2.09. The predicted molar refractivity (Wildman–Crippen MR) is 105 cm³/mol. The summed E-state index contributed by atoms with van der Waals surface area (Å²) < 4.78 is 25.5. The summed E-state index contributed by atoms with van der Waals surface area (Å²) in [4.78, 5) is 4.38. The predicted octanol–water partition coefficient (Wildman–Crippen LogP) is 1.24. The Balaban J connectivity index is 0.00000441. The van der Waals surface area contributed by atoms with Gasteiger partial charge in [-0.2, -0.15) is 11.8 Å². The number of rotatable bonds is 7. The number of halogens is 1. The van der Waals surface area contributed by atoms with Crippen LogP contribution in [0.25, 0.3) is 0 Å². The van der Waals surface area contributed by atoms with Gasteiger partial charge in [0, 0.05) is 25.9 Å². The third-order valence-corrected chi connectivity index (χ3v) is 4.83. The van der Waals surface area contributed by atoms with Gasteiger partial charge in [-0.15, -0.1) is 24.0 Å². The molecule has 0 fully saturated rings. The van der Waals surface area contributed by atoms with Gasteiger partial charge in [-0.05, 0) is 31.0 Å². The van der Waals surface area contributed by atoms with Crippen molar-refractivity contribution in [3.05, 3.63) is 29.8 Å². The van der Waals surface area contributed by atoms with Crippen molar-refractivity contribution in [2.45, 2.75) is 11.4 Å². The van der Waals surface area contributed by atoms with E-state index in [2.05, 4.69) is 26.6 Å². The maximum atomic E-state index is 11.6. The first-order valence-electron chi connectivity index (χ1n) is 6.49. The van der Waals surface area contributed by atoms with Gasteiger partial charge in [-0.1, -0.05) is 12.1 Å². The Bertz CT molecular complexity index is 562. The summed E-state index contributed by atoms with van der Waals surface area (Å²) in [6.07, 6.45) is 2.05. The summed E-state index contributed by atoms with van der Waals surface area (Å²) in [7, 11) is -0.258. The molecule has 6 nitrogen and oxygen atoms in total. The van der Waals surface area contributed by atoms with E-state index in [0.717, 1.165) is 23.8 Å².